The van der Waals surface area contributed by atoms with Crippen LogP contribution in [0.15, 0.2) is 41.4 Å². The monoisotopic (exact) mass is 501 g/mol. The number of aromatic nitrogens is 2. The van der Waals surface area contributed by atoms with Crippen molar-refractivity contribution in [3.05, 3.63) is 47.9 Å². The van der Waals surface area contributed by atoms with Crippen LogP contribution in [0, 0.1) is 17.2 Å². The molecule has 14 heteroatoms. The first-order valence-corrected chi connectivity index (χ1v) is 11.4. The van der Waals surface area contributed by atoms with E-state index in [1.807, 2.05) is 19.9 Å². The Morgan fingerprint density at radius 1 is 1.21 bits per heavy atom. The molecule has 1 amide bonds. The Hall–Kier alpha value is -3.73. The first kappa shape index (κ1) is 28.3. The minimum atomic E-state index is -5.08. The fourth-order valence-corrected chi connectivity index (χ4v) is 2.98. The van der Waals surface area contributed by atoms with E-state index >= 15 is 0 Å². The number of hydrogen-bond acceptors (Lipinski definition) is 8. The Bertz CT molecular complexity index is 1150. The third kappa shape index (κ3) is 9.82. The van der Waals surface area contributed by atoms with Crippen LogP contribution in [-0.4, -0.2) is 54.3 Å². The number of benzene rings is 1. The highest BCUT2D eigenvalue weighted by atomic mass is 32.2. The Labute approximate surface area is 193 Å². The first-order chi connectivity index (χ1) is 15.6. The van der Waals surface area contributed by atoms with Gasteiger partial charge in [0.15, 0.2) is 15.7 Å². The number of amides is 1. The van der Waals surface area contributed by atoms with Crippen molar-refractivity contribution in [1.82, 2.24) is 15.4 Å². The molecular weight excluding hydrogens is 479 g/mol. The molecule has 2 N–H and O–H groups in total. The van der Waals surface area contributed by atoms with E-state index in [1.165, 1.54) is 18.3 Å². The highest BCUT2D eigenvalue weighted by molar-refractivity contribution is 7.90. The van der Waals surface area contributed by atoms with Crippen molar-refractivity contribution in [2.75, 3.05) is 17.8 Å². The van der Waals surface area contributed by atoms with E-state index in [1.54, 1.807) is 23.2 Å². The molecule has 1 aromatic heterocycles. The summed E-state index contributed by atoms with van der Waals surface area (Å²) in [4.78, 5) is 29.5. The predicted molar refractivity (Wildman–Crippen MR) is 114 cm³/mol. The van der Waals surface area contributed by atoms with Crippen LogP contribution < -0.4 is 10.4 Å². The van der Waals surface area contributed by atoms with Crippen LogP contribution in [0.4, 0.5) is 19.0 Å². The lowest BCUT2D eigenvalue weighted by atomic mass is 10.1. The lowest BCUT2D eigenvalue weighted by Gasteiger charge is -2.26. The van der Waals surface area contributed by atoms with Gasteiger partial charge in [0.1, 0.15) is 6.07 Å². The lowest BCUT2D eigenvalue weighted by Crippen LogP contribution is -2.45. The van der Waals surface area contributed by atoms with Crippen molar-refractivity contribution in [1.29, 1.82) is 5.26 Å². The third-order valence-corrected chi connectivity index (χ3v) is 4.91. The zero-order valence-electron chi connectivity index (χ0n) is 18.4. The van der Waals surface area contributed by atoms with Gasteiger partial charge in [0, 0.05) is 25.1 Å². The normalized spacial score (nSPS) is 11.1. The molecule has 2 aromatic rings. The number of aliphatic carboxylic acids is 1. The molecule has 0 bridgehead atoms. The van der Waals surface area contributed by atoms with Crippen molar-refractivity contribution in [3.63, 3.8) is 0 Å². The third-order valence-electron chi connectivity index (χ3n) is 3.78. The smallest absolute Gasteiger partial charge is 0.475 e. The number of hydrogen-bond donors (Lipinski definition) is 2. The van der Waals surface area contributed by atoms with E-state index in [-0.39, 0.29) is 29.0 Å². The first-order valence-electron chi connectivity index (χ1n) is 9.52. The number of alkyl halides is 3. The number of carbonyl (C=O) groups is 2. The number of halogens is 3. The molecular formula is C20H22F3N5O5S. The van der Waals surface area contributed by atoms with Crippen LogP contribution >= 0.6 is 0 Å². The Morgan fingerprint density at radius 2 is 1.76 bits per heavy atom. The number of nitriles is 1. The standard InChI is InChI=1S/C18H21N5O3S.C2HF3O2/c1-13(2)12-23(17-8-9-20-16(11-19)21-17)22-18(24)10-14-4-6-15(7-5-14)27(3,25)26;3-2(4,5)1(6)7/h4-9,13H,10,12H2,1-3H3,(H,22,24);(H,6,7). The molecule has 0 unspecified atom stereocenters. The van der Waals surface area contributed by atoms with Crippen LogP contribution in [0.2, 0.25) is 0 Å². The van der Waals surface area contributed by atoms with Gasteiger partial charge in [-0.2, -0.15) is 23.4 Å². The largest absolute Gasteiger partial charge is 0.490 e. The van der Waals surface area contributed by atoms with E-state index in [2.05, 4.69) is 15.4 Å². The summed E-state index contributed by atoms with van der Waals surface area (Å²) in [7, 11) is -3.27. The molecule has 0 spiro atoms. The maximum absolute atomic E-state index is 12.4. The fourth-order valence-electron chi connectivity index (χ4n) is 2.34. The van der Waals surface area contributed by atoms with Crippen molar-refractivity contribution in [2.45, 2.75) is 31.3 Å². The van der Waals surface area contributed by atoms with Crippen LogP contribution in [0.1, 0.15) is 25.2 Å². The van der Waals surface area contributed by atoms with Crippen molar-refractivity contribution in [2.24, 2.45) is 5.92 Å². The molecule has 0 fully saturated rings. The number of carboxylic acids is 1. The number of anilines is 1. The number of carbonyl (C=O) groups excluding carboxylic acids is 1. The highest BCUT2D eigenvalue weighted by Gasteiger charge is 2.38. The summed E-state index contributed by atoms with van der Waals surface area (Å²) in [5.74, 6) is -2.35. The molecule has 10 nitrogen and oxygen atoms in total. The number of carboxylic acid groups (broad SMARTS) is 1. The minimum absolute atomic E-state index is 0.0202. The second-order valence-electron chi connectivity index (χ2n) is 7.29. The van der Waals surface area contributed by atoms with E-state index in [4.69, 9.17) is 15.2 Å². The van der Waals surface area contributed by atoms with Gasteiger partial charge in [-0.25, -0.2) is 18.2 Å². The summed E-state index contributed by atoms with van der Waals surface area (Å²) < 4.78 is 54.7. The maximum atomic E-state index is 12.4. The highest BCUT2D eigenvalue weighted by Crippen LogP contribution is 2.14. The van der Waals surface area contributed by atoms with Gasteiger partial charge in [-0.1, -0.05) is 26.0 Å². The van der Waals surface area contributed by atoms with Crippen molar-refractivity contribution in [3.8, 4) is 6.07 Å². The van der Waals surface area contributed by atoms with E-state index in [0.29, 0.717) is 17.9 Å². The van der Waals surface area contributed by atoms with E-state index in [9.17, 15) is 26.4 Å². The van der Waals surface area contributed by atoms with Gasteiger partial charge >= 0.3 is 12.1 Å². The Balaban J connectivity index is 0.000000718. The average molecular weight is 501 g/mol. The fraction of sp³-hybridized carbons (Fsp3) is 0.350. The van der Waals surface area contributed by atoms with Crippen LogP contribution in [0.25, 0.3) is 0 Å². The average Bonchev–Trinajstić information content (AvgIpc) is 2.72. The van der Waals surface area contributed by atoms with Gasteiger partial charge in [0.2, 0.25) is 11.7 Å². The van der Waals surface area contributed by atoms with E-state index < -0.39 is 22.0 Å². The number of sulfone groups is 1. The minimum Gasteiger partial charge on any atom is -0.475 e. The van der Waals surface area contributed by atoms with Crippen LogP contribution in [-0.2, 0) is 25.8 Å². The number of nitrogens with one attached hydrogen (secondary N) is 1. The second kappa shape index (κ2) is 11.9. The molecule has 0 radical (unpaired) electrons. The Morgan fingerprint density at radius 3 is 2.21 bits per heavy atom. The number of nitrogens with zero attached hydrogens (tertiary/aromatic N) is 4. The van der Waals surface area contributed by atoms with E-state index in [0.717, 1.165) is 6.26 Å². The van der Waals surface area contributed by atoms with Gasteiger partial charge in [-0.15, -0.1) is 0 Å². The molecule has 1 aromatic carbocycles. The van der Waals surface area contributed by atoms with Gasteiger partial charge in [0.05, 0.1) is 11.3 Å². The summed E-state index contributed by atoms with van der Waals surface area (Å²) in [5, 5.41) is 17.7. The summed E-state index contributed by atoms with van der Waals surface area (Å²) in [5.41, 5.74) is 3.47. The molecule has 1 heterocycles. The molecule has 2 rings (SSSR count). The van der Waals surface area contributed by atoms with Crippen LogP contribution in [0.5, 0.6) is 0 Å². The molecule has 0 aliphatic carbocycles. The van der Waals surface area contributed by atoms with Crippen molar-refractivity contribution >= 4 is 27.5 Å². The molecule has 0 aliphatic heterocycles. The maximum Gasteiger partial charge on any atom is 0.490 e. The van der Waals surface area contributed by atoms with Gasteiger partial charge in [0.25, 0.3) is 0 Å². The molecule has 0 atom stereocenters. The zero-order chi connectivity index (χ0) is 26.1. The second-order valence-corrected chi connectivity index (χ2v) is 9.30. The number of hydrazine groups is 1. The molecule has 0 saturated heterocycles. The Kier molecular flexibility index (Phi) is 9.94. The van der Waals surface area contributed by atoms with Gasteiger partial charge in [-0.3, -0.25) is 15.2 Å². The van der Waals surface area contributed by atoms with Crippen molar-refractivity contribution < 1.29 is 36.3 Å². The topological polar surface area (TPSA) is 153 Å². The van der Waals surface area contributed by atoms with Gasteiger partial charge < -0.3 is 5.11 Å². The molecule has 0 aliphatic rings. The SMILES string of the molecule is CC(C)CN(NC(=O)Cc1ccc(S(C)(=O)=O)cc1)c1ccnc(C#N)n1.O=C(O)C(F)(F)F. The summed E-state index contributed by atoms with van der Waals surface area (Å²) in [6.45, 7) is 4.49. The molecule has 184 valence electrons. The molecule has 34 heavy (non-hydrogen) atoms. The van der Waals surface area contributed by atoms with Gasteiger partial charge in [-0.05, 0) is 23.6 Å². The summed E-state index contributed by atoms with van der Waals surface area (Å²) in [6.07, 6.45) is -2.41. The quantitative estimate of drug-likeness (QED) is 0.543. The summed E-state index contributed by atoms with van der Waals surface area (Å²) >= 11 is 0. The number of rotatable bonds is 7. The molecule has 0 saturated carbocycles. The lowest BCUT2D eigenvalue weighted by molar-refractivity contribution is -0.192. The zero-order valence-corrected chi connectivity index (χ0v) is 19.2. The predicted octanol–water partition coefficient (Wildman–Crippen LogP) is 2.12. The summed E-state index contributed by atoms with van der Waals surface area (Å²) in [6, 6.07) is 9.67. The van der Waals surface area contributed by atoms with Crippen LogP contribution in [0.3, 0.4) is 0 Å².